The number of rotatable bonds is 4. The Labute approximate surface area is 184 Å². The van der Waals surface area contributed by atoms with Gasteiger partial charge < -0.3 is 19.2 Å². The van der Waals surface area contributed by atoms with Crippen LogP contribution in [0.3, 0.4) is 0 Å². The molecule has 9 heteroatoms. The number of oxazole rings is 1. The van der Waals surface area contributed by atoms with Gasteiger partial charge in [-0.3, -0.25) is 5.21 Å². The number of carbonyl (C=O) groups is 1. The van der Waals surface area contributed by atoms with E-state index in [1.807, 2.05) is 12.1 Å². The lowest BCUT2D eigenvalue weighted by Gasteiger charge is -2.36. The first-order chi connectivity index (χ1) is 15.3. The van der Waals surface area contributed by atoms with Crippen molar-refractivity contribution in [2.24, 2.45) is 0 Å². The molecule has 1 fully saturated rings. The lowest BCUT2D eigenvalue weighted by molar-refractivity contribution is -0.0639. The minimum atomic E-state index is -1.38. The van der Waals surface area contributed by atoms with Crippen LogP contribution in [0.15, 0.2) is 52.9 Å². The van der Waals surface area contributed by atoms with Crippen LogP contribution in [-0.2, 0) is 5.60 Å². The molecule has 1 aromatic heterocycles. The number of piperidine rings is 1. The van der Waals surface area contributed by atoms with E-state index in [1.54, 1.807) is 31.4 Å². The van der Waals surface area contributed by atoms with Gasteiger partial charge in [-0.2, -0.15) is 0 Å². The molecule has 8 nitrogen and oxygen atoms in total. The molecule has 0 atom stereocenters. The minimum Gasteiger partial charge on any atom is -0.497 e. The van der Waals surface area contributed by atoms with Gasteiger partial charge in [0.2, 0.25) is 5.89 Å². The second-order valence-corrected chi connectivity index (χ2v) is 7.76. The van der Waals surface area contributed by atoms with Crippen molar-refractivity contribution in [3.63, 3.8) is 0 Å². The number of likely N-dealkylation sites (tertiary alicyclic amines) is 1. The van der Waals surface area contributed by atoms with Crippen LogP contribution in [0.25, 0.3) is 22.6 Å². The van der Waals surface area contributed by atoms with Gasteiger partial charge in [0, 0.05) is 44.1 Å². The van der Waals surface area contributed by atoms with Gasteiger partial charge in [-0.05, 0) is 48.5 Å². The zero-order valence-corrected chi connectivity index (χ0v) is 17.8. The first kappa shape index (κ1) is 21.8. The van der Waals surface area contributed by atoms with E-state index >= 15 is 0 Å². The number of hydroxylamine groups is 2. The SMILES string of the molecule is COc1ccc(-c2nc(C3(O)CCN(C(=O)N(C)O)CC3)oc2-c2ccc(F)cc2)cc1. The van der Waals surface area contributed by atoms with Crippen LogP contribution in [0.5, 0.6) is 5.75 Å². The van der Waals surface area contributed by atoms with Crippen LogP contribution in [0.1, 0.15) is 18.7 Å². The summed E-state index contributed by atoms with van der Waals surface area (Å²) >= 11 is 0. The molecule has 0 radical (unpaired) electrons. The Morgan fingerprint density at radius 3 is 2.28 bits per heavy atom. The van der Waals surface area contributed by atoms with Crippen LogP contribution < -0.4 is 4.74 Å². The number of aromatic nitrogens is 1. The van der Waals surface area contributed by atoms with E-state index in [2.05, 4.69) is 4.98 Å². The van der Waals surface area contributed by atoms with Crippen LogP contribution in [0.4, 0.5) is 9.18 Å². The molecule has 2 aromatic carbocycles. The smallest absolute Gasteiger partial charge is 0.343 e. The summed E-state index contributed by atoms with van der Waals surface area (Å²) in [5.41, 5.74) is 0.494. The molecule has 0 unspecified atom stereocenters. The van der Waals surface area contributed by atoms with E-state index in [0.717, 1.165) is 5.56 Å². The second kappa shape index (κ2) is 8.60. The van der Waals surface area contributed by atoms with Crippen LogP contribution in [0.2, 0.25) is 0 Å². The monoisotopic (exact) mass is 441 g/mol. The van der Waals surface area contributed by atoms with Gasteiger partial charge in [0.25, 0.3) is 0 Å². The molecule has 168 valence electrons. The predicted octanol–water partition coefficient (Wildman–Crippen LogP) is 3.88. The molecule has 2 heterocycles. The number of halogens is 1. The highest BCUT2D eigenvalue weighted by molar-refractivity contribution is 5.77. The molecule has 0 saturated carbocycles. The number of benzene rings is 2. The Bertz CT molecular complexity index is 1090. The number of amides is 2. The standard InChI is InChI=1S/C23H24FN3O5/c1-26(30)22(28)27-13-11-23(29,12-14-27)21-25-19(15-5-9-18(31-2)10-6-15)20(32-21)16-3-7-17(24)8-4-16/h3-10,29-30H,11-14H2,1-2H3. The Morgan fingerprint density at radius 2 is 1.72 bits per heavy atom. The van der Waals surface area contributed by atoms with Crippen molar-refractivity contribution >= 4 is 6.03 Å². The largest absolute Gasteiger partial charge is 0.497 e. The molecule has 3 aromatic rings. The Kier molecular flexibility index (Phi) is 5.86. The third-order valence-electron chi connectivity index (χ3n) is 5.63. The molecule has 2 N–H and O–H groups in total. The van der Waals surface area contributed by atoms with Crippen LogP contribution in [0, 0.1) is 5.82 Å². The van der Waals surface area contributed by atoms with Crippen molar-refractivity contribution in [1.29, 1.82) is 0 Å². The maximum atomic E-state index is 13.5. The minimum absolute atomic E-state index is 0.132. The van der Waals surface area contributed by atoms with Gasteiger partial charge in [0.15, 0.2) is 5.76 Å². The fraction of sp³-hybridized carbons (Fsp3) is 0.304. The van der Waals surface area contributed by atoms with Crippen LogP contribution in [-0.4, -0.2) is 58.5 Å². The Balaban J connectivity index is 1.70. The molecular weight excluding hydrogens is 417 g/mol. The normalized spacial score (nSPS) is 15.5. The number of hydrogen-bond donors (Lipinski definition) is 2. The zero-order valence-electron chi connectivity index (χ0n) is 17.8. The molecule has 1 saturated heterocycles. The molecule has 1 aliphatic rings. The van der Waals surface area contributed by atoms with Gasteiger partial charge in [-0.25, -0.2) is 19.2 Å². The zero-order chi connectivity index (χ0) is 22.9. The summed E-state index contributed by atoms with van der Waals surface area (Å²) < 4.78 is 24.7. The number of nitrogens with zero attached hydrogens (tertiary/aromatic N) is 3. The molecular formula is C23H24FN3O5. The molecule has 4 rings (SSSR count). The fourth-order valence-corrected chi connectivity index (χ4v) is 3.75. The summed E-state index contributed by atoms with van der Waals surface area (Å²) in [4.78, 5) is 18.1. The third kappa shape index (κ3) is 4.17. The molecule has 0 aliphatic carbocycles. The Hall–Kier alpha value is -3.43. The third-order valence-corrected chi connectivity index (χ3v) is 5.63. The van der Waals surface area contributed by atoms with Gasteiger partial charge in [0.1, 0.15) is 22.9 Å². The van der Waals surface area contributed by atoms with Crippen molar-refractivity contribution in [3.05, 3.63) is 60.2 Å². The molecule has 0 bridgehead atoms. The number of aliphatic hydroxyl groups is 1. The maximum absolute atomic E-state index is 13.5. The van der Waals surface area contributed by atoms with Crippen LogP contribution >= 0.6 is 0 Å². The molecule has 1 aliphatic heterocycles. The lowest BCUT2D eigenvalue weighted by atomic mass is 9.91. The van der Waals surface area contributed by atoms with E-state index < -0.39 is 11.6 Å². The van der Waals surface area contributed by atoms with E-state index in [0.29, 0.717) is 27.8 Å². The number of carbonyl (C=O) groups excluding carboxylic acids is 1. The first-order valence-electron chi connectivity index (χ1n) is 10.2. The van der Waals surface area contributed by atoms with E-state index in [1.165, 1.54) is 24.1 Å². The highest BCUT2D eigenvalue weighted by Crippen LogP contribution is 2.40. The van der Waals surface area contributed by atoms with Crippen molar-refractivity contribution < 1.29 is 28.7 Å². The molecule has 0 spiro atoms. The summed E-state index contributed by atoms with van der Waals surface area (Å²) in [7, 11) is 2.83. The number of hydrogen-bond acceptors (Lipinski definition) is 6. The lowest BCUT2D eigenvalue weighted by Crippen LogP contribution is -2.48. The average molecular weight is 441 g/mol. The maximum Gasteiger partial charge on any atom is 0.343 e. The van der Waals surface area contributed by atoms with E-state index in [9.17, 15) is 19.5 Å². The molecule has 32 heavy (non-hydrogen) atoms. The van der Waals surface area contributed by atoms with Gasteiger partial charge >= 0.3 is 6.03 Å². The van der Waals surface area contributed by atoms with Crippen molar-refractivity contribution in [3.8, 4) is 28.3 Å². The van der Waals surface area contributed by atoms with E-state index in [4.69, 9.17) is 9.15 Å². The topological polar surface area (TPSA) is 99.3 Å². The summed E-state index contributed by atoms with van der Waals surface area (Å²) in [5.74, 6) is 0.855. The Morgan fingerprint density at radius 1 is 1.12 bits per heavy atom. The second-order valence-electron chi connectivity index (χ2n) is 7.76. The summed E-state index contributed by atoms with van der Waals surface area (Å²) in [6.45, 7) is 0.457. The quantitative estimate of drug-likeness (QED) is 0.471. The fourth-order valence-electron chi connectivity index (χ4n) is 3.75. The van der Waals surface area contributed by atoms with Gasteiger partial charge in [-0.15, -0.1) is 0 Å². The predicted molar refractivity (Wildman–Crippen MR) is 114 cm³/mol. The van der Waals surface area contributed by atoms with Gasteiger partial charge in [-0.1, -0.05) is 0 Å². The van der Waals surface area contributed by atoms with E-state index in [-0.39, 0.29) is 37.6 Å². The first-order valence-corrected chi connectivity index (χ1v) is 10.2. The highest BCUT2D eigenvalue weighted by Gasteiger charge is 2.41. The highest BCUT2D eigenvalue weighted by atomic mass is 19.1. The van der Waals surface area contributed by atoms with Crippen molar-refractivity contribution in [2.75, 3.05) is 27.2 Å². The van der Waals surface area contributed by atoms with Crippen molar-refractivity contribution in [1.82, 2.24) is 14.9 Å². The number of ether oxygens (including phenoxy) is 1. The van der Waals surface area contributed by atoms with Crippen molar-refractivity contribution in [2.45, 2.75) is 18.4 Å². The number of urea groups is 1. The molecule has 2 amide bonds. The summed E-state index contributed by atoms with van der Waals surface area (Å²) in [6, 6.07) is 12.6. The average Bonchev–Trinajstić information content (AvgIpc) is 3.26. The summed E-state index contributed by atoms with van der Waals surface area (Å²) in [6.07, 6.45) is 0.385. The summed E-state index contributed by atoms with van der Waals surface area (Å²) in [5, 5.41) is 21.2. The number of methoxy groups -OCH3 is 1. The van der Waals surface area contributed by atoms with Gasteiger partial charge in [0.05, 0.1) is 7.11 Å².